The maximum Gasteiger partial charge on any atom is 0.227 e. The van der Waals surface area contributed by atoms with E-state index in [0.717, 1.165) is 52.1 Å². The molecule has 1 aliphatic heterocycles. The van der Waals surface area contributed by atoms with Crippen molar-refractivity contribution in [3.8, 4) is 5.75 Å². The van der Waals surface area contributed by atoms with Gasteiger partial charge in [-0.1, -0.05) is 61.8 Å². The van der Waals surface area contributed by atoms with Gasteiger partial charge in [-0.3, -0.25) is 4.79 Å². The van der Waals surface area contributed by atoms with Crippen molar-refractivity contribution in [2.75, 3.05) is 17.7 Å². The zero-order valence-electron chi connectivity index (χ0n) is 18.5. The van der Waals surface area contributed by atoms with Crippen LogP contribution in [0.3, 0.4) is 0 Å². The predicted molar refractivity (Wildman–Crippen MR) is 128 cm³/mol. The summed E-state index contributed by atoms with van der Waals surface area (Å²) in [5, 5.41) is 8.92. The van der Waals surface area contributed by atoms with E-state index in [9.17, 15) is 4.79 Å². The van der Waals surface area contributed by atoms with Crippen LogP contribution in [0.15, 0.2) is 39.1 Å². The summed E-state index contributed by atoms with van der Waals surface area (Å²) in [6.07, 6.45) is 3.36. The first-order valence-electron chi connectivity index (χ1n) is 10.9. The number of ketones is 1. The molecule has 1 aliphatic carbocycles. The Balaban J connectivity index is 1.87. The van der Waals surface area contributed by atoms with Crippen LogP contribution < -0.4 is 10.1 Å². The summed E-state index contributed by atoms with van der Waals surface area (Å²) in [7, 11) is 0. The number of rotatable bonds is 7. The summed E-state index contributed by atoms with van der Waals surface area (Å²) in [5.74, 6) is 2.52. The molecule has 2 aliphatic rings. The predicted octanol–water partition coefficient (Wildman–Crippen LogP) is 5.99. The minimum atomic E-state index is -0.359. The highest BCUT2D eigenvalue weighted by Crippen LogP contribution is 2.47. The fraction of sp³-hybridized carbons (Fsp3) is 0.522. The Morgan fingerprint density at radius 2 is 2.13 bits per heavy atom. The summed E-state index contributed by atoms with van der Waals surface area (Å²) in [4.78, 5) is 18.1. The summed E-state index contributed by atoms with van der Waals surface area (Å²) in [6.45, 7) is 9.15. The van der Waals surface area contributed by atoms with E-state index in [0.29, 0.717) is 24.1 Å². The van der Waals surface area contributed by atoms with E-state index < -0.39 is 0 Å². The van der Waals surface area contributed by atoms with E-state index in [1.807, 2.05) is 22.9 Å². The molecule has 0 fully saturated rings. The van der Waals surface area contributed by atoms with Crippen LogP contribution in [0, 0.1) is 5.41 Å². The third kappa shape index (κ3) is 4.55. The van der Waals surface area contributed by atoms with Gasteiger partial charge in [0, 0.05) is 27.7 Å². The van der Waals surface area contributed by atoms with Crippen molar-refractivity contribution in [2.24, 2.45) is 5.41 Å². The van der Waals surface area contributed by atoms with Crippen LogP contribution in [0.2, 0.25) is 0 Å². The van der Waals surface area contributed by atoms with E-state index in [1.54, 1.807) is 11.8 Å². The molecule has 166 valence electrons. The first-order chi connectivity index (χ1) is 14.8. The Labute approximate surface area is 196 Å². The molecule has 1 aromatic carbocycles. The minimum absolute atomic E-state index is 0.0889. The lowest BCUT2D eigenvalue weighted by Gasteiger charge is -2.38. The minimum Gasteiger partial charge on any atom is -0.493 e. The van der Waals surface area contributed by atoms with Crippen molar-refractivity contribution in [1.29, 1.82) is 0 Å². The second kappa shape index (κ2) is 8.98. The van der Waals surface area contributed by atoms with Crippen LogP contribution in [0.25, 0.3) is 0 Å². The van der Waals surface area contributed by atoms with Gasteiger partial charge in [-0.25, -0.2) is 4.68 Å². The van der Waals surface area contributed by atoms with Gasteiger partial charge in [0.15, 0.2) is 5.78 Å². The van der Waals surface area contributed by atoms with Gasteiger partial charge < -0.3 is 10.1 Å². The number of ether oxygens (including phenoxy) is 1. The van der Waals surface area contributed by atoms with E-state index in [4.69, 9.17) is 14.8 Å². The zero-order chi connectivity index (χ0) is 22.2. The molecule has 8 heteroatoms. The SMILES string of the molecule is CCCCOc1ccc(Br)cc1C1C2=C(CC(C)(C)CC2=O)Nc2nc(SCC)nn21. The Morgan fingerprint density at radius 3 is 2.87 bits per heavy atom. The number of carbonyl (C=O) groups is 1. The quantitative estimate of drug-likeness (QED) is 0.368. The van der Waals surface area contributed by atoms with Crippen molar-refractivity contribution in [2.45, 2.75) is 64.6 Å². The molecular formula is C23H29BrN4O2S. The molecular weight excluding hydrogens is 476 g/mol. The molecule has 0 bridgehead atoms. The lowest BCUT2D eigenvalue weighted by atomic mass is 9.73. The fourth-order valence-corrected chi connectivity index (χ4v) is 5.19. The van der Waals surface area contributed by atoms with Gasteiger partial charge in [0.05, 0.1) is 6.61 Å². The molecule has 0 spiro atoms. The third-order valence-electron chi connectivity index (χ3n) is 5.61. The van der Waals surface area contributed by atoms with Crippen molar-refractivity contribution >= 4 is 39.4 Å². The number of benzene rings is 1. The highest BCUT2D eigenvalue weighted by molar-refractivity contribution is 9.10. The molecule has 2 heterocycles. The number of halogens is 1. The first-order valence-corrected chi connectivity index (χ1v) is 12.7. The molecule has 0 saturated heterocycles. The normalized spacial score (nSPS) is 19.6. The number of allylic oxidation sites excluding steroid dienone is 2. The van der Waals surface area contributed by atoms with Crippen molar-refractivity contribution in [3.05, 3.63) is 39.5 Å². The first kappa shape index (κ1) is 22.4. The Morgan fingerprint density at radius 1 is 1.32 bits per heavy atom. The molecule has 1 unspecified atom stereocenters. The van der Waals surface area contributed by atoms with Crippen LogP contribution >= 0.6 is 27.7 Å². The average Bonchev–Trinajstić information content (AvgIpc) is 3.09. The van der Waals surface area contributed by atoms with Crippen molar-refractivity contribution in [3.63, 3.8) is 0 Å². The Hall–Kier alpha value is -1.80. The molecule has 31 heavy (non-hydrogen) atoms. The molecule has 1 N–H and O–H groups in total. The van der Waals surface area contributed by atoms with Crippen LogP contribution in [-0.4, -0.2) is 32.9 Å². The number of hydrogen-bond acceptors (Lipinski definition) is 6. The van der Waals surface area contributed by atoms with Crippen molar-refractivity contribution in [1.82, 2.24) is 14.8 Å². The van der Waals surface area contributed by atoms with E-state index in [1.165, 1.54) is 0 Å². The van der Waals surface area contributed by atoms with E-state index >= 15 is 0 Å². The lowest BCUT2D eigenvalue weighted by Crippen LogP contribution is -2.36. The number of anilines is 1. The van der Waals surface area contributed by atoms with E-state index in [2.05, 4.69) is 48.9 Å². The van der Waals surface area contributed by atoms with Crippen molar-refractivity contribution < 1.29 is 9.53 Å². The lowest BCUT2D eigenvalue weighted by molar-refractivity contribution is -0.118. The topological polar surface area (TPSA) is 69.0 Å². The number of hydrogen-bond donors (Lipinski definition) is 1. The standard InChI is InChI=1S/C23H29BrN4O2S/c1-5-7-10-30-18-9-8-14(24)11-15(18)20-19-16(12-23(3,4)13-17(19)29)25-21-26-22(31-6-2)27-28(20)21/h8-9,11,20H,5-7,10,12-13H2,1-4H3,(H,25,26,27). The van der Waals surface area contributed by atoms with E-state index in [-0.39, 0.29) is 17.2 Å². The largest absolute Gasteiger partial charge is 0.493 e. The molecule has 2 aromatic rings. The van der Waals surface area contributed by atoms with Gasteiger partial charge in [0.1, 0.15) is 11.8 Å². The second-order valence-electron chi connectivity index (χ2n) is 8.84. The summed E-state index contributed by atoms with van der Waals surface area (Å²) < 4.78 is 8.98. The Bertz CT molecular complexity index is 1030. The molecule has 0 amide bonds. The number of carbonyl (C=O) groups excluding carboxylic acids is 1. The number of nitrogens with one attached hydrogen (secondary N) is 1. The highest BCUT2D eigenvalue weighted by Gasteiger charge is 2.42. The number of aromatic nitrogens is 3. The van der Waals surface area contributed by atoms with Gasteiger partial charge in [-0.05, 0) is 42.2 Å². The highest BCUT2D eigenvalue weighted by atomic mass is 79.9. The van der Waals surface area contributed by atoms with Crippen LogP contribution in [0.5, 0.6) is 5.75 Å². The van der Waals surface area contributed by atoms with Gasteiger partial charge in [-0.2, -0.15) is 4.98 Å². The van der Waals surface area contributed by atoms with Gasteiger partial charge >= 0.3 is 0 Å². The average molecular weight is 505 g/mol. The molecule has 0 saturated carbocycles. The molecule has 6 nitrogen and oxygen atoms in total. The van der Waals surface area contributed by atoms with Crippen LogP contribution in [0.4, 0.5) is 5.95 Å². The van der Waals surface area contributed by atoms with Crippen LogP contribution in [0.1, 0.15) is 65.0 Å². The maximum absolute atomic E-state index is 13.4. The number of unbranched alkanes of at least 4 members (excludes halogenated alkanes) is 1. The molecule has 1 aromatic heterocycles. The second-order valence-corrected chi connectivity index (χ2v) is 11.0. The van der Waals surface area contributed by atoms with Crippen LogP contribution in [-0.2, 0) is 4.79 Å². The van der Waals surface area contributed by atoms with Gasteiger partial charge in [0.2, 0.25) is 11.1 Å². The van der Waals surface area contributed by atoms with Gasteiger partial charge in [0.25, 0.3) is 0 Å². The fourth-order valence-electron chi connectivity index (χ4n) is 4.26. The summed E-state index contributed by atoms with van der Waals surface area (Å²) in [6, 6.07) is 5.65. The number of Topliss-reactive ketones (excluding diaryl/α,β-unsaturated/α-hetero) is 1. The zero-order valence-corrected chi connectivity index (χ0v) is 20.9. The monoisotopic (exact) mass is 504 g/mol. The molecule has 1 atom stereocenters. The third-order valence-corrected chi connectivity index (χ3v) is 6.82. The molecule has 4 rings (SSSR count). The number of thioether (sulfide) groups is 1. The smallest absolute Gasteiger partial charge is 0.227 e. The summed E-state index contributed by atoms with van der Waals surface area (Å²) in [5.41, 5.74) is 2.59. The van der Waals surface area contributed by atoms with Gasteiger partial charge in [-0.15, -0.1) is 5.10 Å². The maximum atomic E-state index is 13.4. The molecule has 0 radical (unpaired) electrons. The number of fused-ring (bicyclic) bond motifs is 1. The number of nitrogens with zero attached hydrogens (tertiary/aromatic N) is 3. The Kier molecular flexibility index (Phi) is 6.49. The summed E-state index contributed by atoms with van der Waals surface area (Å²) >= 11 is 5.21.